The predicted octanol–water partition coefficient (Wildman–Crippen LogP) is 3.79. The predicted molar refractivity (Wildman–Crippen MR) is 73.4 cm³/mol. The second kappa shape index (κ2) is 4.31. The average Bonchev–Trinajstić information content (AvgIpc) is 2.92. The first-order valence-corrected chi connectivity index (χ1v) is 6.04. The molecule has 2 heteroatoms. The van der Waals surface area contributed by atoms with E-state index in [1.54, 1.807) is 6.26 Å². The molecule has 18 heavy (non-hydrogen) atoms. The molecule has 3 rings (SSSR count). The van der Waals surface area contributed by atoms with Gasteiger partial charge in [0.05, 0.1) is 12.3 Å². The Morgan fingerprint density at radius 2 is 1.83 bits per heavy atom. The normalized spacial score (nSPS) is 12.8. The van der Waals surface area contributed by atoms with E-state index in [2.05, 4.69) is 31.2 Å². The number of nitrogens with two attached hydrogens (primary N) is 1. The van der Waals surface area contributed by atoms with E-state index in [0.717, 1.165) is 11.3 Å². The highest BCUT2D eigenvalue weighted by Gasteiger charge is 2.16. The van der Waals surface area contributed by atoms with Crippen LogP contribution in [-0.4, -0.2) is 0 Å². The summed E-state index contributed by atoms with van der Waals surface area (Å²) < 4.78 is 5.43. The minimum absolute atomic E-state index is 0.217. The maximum absolute atomic E-state index is 6.33. The summed E-state index contributed by atoms with van der Waals surface area (Å²) in [5, 5.41) is 2.40. The molecule has 0 fully saturated rings. The van der Waals surface area contributed by atoms with E-state index in [0.29, 0.717) is 0 Å². The van der Waals surface area contributed by atoms with Gasteiger partial charge in [-0.25, -0.2) is 0 Å². The number of hydrogen-bond donors (Lipinski definition) is 1. The number of fused-ring (bicyclic) bond motifs is 1. The standard InChI is InChI=1S/C16H15NO/c1-11-8-9-12-5-2-3-6-13(12)15(11)16(17)14-7-4-10-18-14/h2-10,16H,17H2,1H3. The first-order chi connectivity index (χ1) is 8.77. The largest absolute Gasteiger partial charge is 0.467 e. The fraction of sp³-hybridized carbons (Fsp3) is 0.125. The first-order valence-electron chi connectivity index (χ1n) is 6.04. The van der Waals surface area contributed by atoms with E-state index >= 15 is 0 Å². The van der Waals surface area contributed by atoms with Crippen molar-refractivity contribution in [3.63, 3.8) is 0 Å². The fourth-order valence-corrected chi connectivity index (χ4v) is 2.43. The highest BCUT2D eigenvalue weighted by atomic mass is 16.3. The van der Waals surface area contributed by atoms with Crippen LogP contribution >= 0.6 is 0 Å². The summed E-state index contributed by atoms with van der Waals surface area (Å²) in [4.78, 5) is 0. The molecule has 0 radical (unpaired) electrons. The van der Waals surface area contributed by atoms with Crippen molar-refractivity contribution in [2.24, 2.45) is 5.73 Å². The smallest absolute Gasteiger partial charge is 0.125 e. The van der Waals surface area contributed by atoms with Crippen LogP contribution in [0.3, 0.4) is 0 Å². The van der Waals surface area contributed by atoms with Crippen molar-refractivity contribution in [3.8, 4) is 0 Å². The Labute approximate surface area is 106 Å². The van der Waals surface area contributed by atoms with Crippen molar-refractivity contribution in [2.75, 3.05) is 0 Å². The lowest BCUT2D eigenvalue weighted by molar-refractivity contribution is 0.490. The van der Waals surface area contributed by atoms with Gasteiger partial charge in [0.25, 0.3) is 0 Å². The van der Waals surface area contributed by atoms with Crippen molar-refractivity contribution in [2.45, 2.75) is 13.0 Å². The molecule has 1 unspecified atom stereocenters. The van der Waals surface area contributed by atoms with Crippen LogP contribution in [0.4, 0.5) is 0 Å². The second-order valence-corrected chi connectivity index (χ2v) is 4.51. The van der Waals surface area contributed by atoms with Crippen LogP contribution in [0, 0.1) is 6.92 Å². The summed E-state index contributed by atoms with van der Waals surface area (Å²) in [6.07, 6.45) is 1.66. The zero-order valence-electron chi connectivity index (χ0n) is 10.3. The Hall–Kier alpha value is -2.06. The van der Waals surface area contributed by atoms with Gasteiger partial charge in [-0.3, -0.25) is 0 Å². The molecule has 2 nitrogen and oxygen atoms in total. The second-order valence-electron chi connectivity index (χ2n) is 4.51. The lowest BCUT2D eigenvalue weighted by Crippen LogP contribution is -2.13. The summed E-state index contributed by atoms with van der Waals surface area (Å²) in [5.74, 6) is 0.800. The average molecular weight is 237 g/mol. The lowest BCUT2D eigenvalue weighted by atomic mass is 9.93. The summed E-state index contributed by atoms with van der Waals surface area (Å²) in [7, 11) is 0. The van der Waals surface area contributed by atoms with Gasteiger partial charge < -0.3 is 10.2 Å². The minimum Gasteiger partial charge on any atom is -0.467 e. The minimum atomic E-state index is -0.217. The molecule has 3 aromatic rings. The SMILES string of the molecule is Cc1ccc2ccccc2c1C(N)c1ccco1. The third-order valence-corrected chi connectivity index (χ3v) is 3.35. The van der Waals surface area contributed by atoms with Crippen LogP contribution < -0.4 is 5.73 Å². The van der Waals surface area contributed by atoms with E-state index in [1.807, 2.05) is 24.3 Å². The van der Waals surface area contributed by atoms with Crippen LogP contribution in [0.2, 0.25) is 0 Å². The third-order valence-electron chi connectivity index (χ3n) is 3.35. The number of rotatable bonds is 2. The topological polar surface area (TPSA) is 39.2 Å². The van der Waals surface area contributed by atoms with E-state index in [-0.39, 0.29) is 6.04 Å². The molecule has 90 valence electrons. The molecular formula is C16H15NO. The van der Waals surface area contributed by atoms with Gasteiger partial charge in [0.2, 0.25) is 0 Å². The Balaban J connectivity index is 2.24. The Morgan fingerprint density at radius 3 is 2.61 bits per heavy atom. The van der Waals surface area contributed by atoms with Gasteiger partial charge in [-0.05, 0) is 41.0 Å². The van der Waals surface area contributed by atoms with E-state index in [4.69, 9.17) is 10.2 Å². The molecule has 0 saturated heterocycles. The molecule has 0 aliphatic heterocycles. The zero-order chi connectivity index (χ0) is 12.5. The Bertz CT molecular complexity index is 671. The molecule has 0 aliphatic carbocycles. The van der Waals surface area contributed by atoms with Gasteiger partial charge in [-0.2, -0.15) is 0 Å². The van der Waals surface area contributed by atoms with Gasteiger partial charge in [0.15, 0.2) is 0 Å². The van der Waals surface area contributed by atoms with Gasteiger partial charge in [-0.1, -0.05) is 36.4 Å². The molecular weight excluding hydrogens is 222 g/mol. The highest BCUT2D eigenvalue weighted by molar-refractivity contribution is 5.87. The molecule has 1 heterocycles. The van der Waals surface area contributed by atoms with Crippen LogP contribution in [-0.2, 0) is 0 Å². The van der Waals surface area contributed by atoms with Crippen molar-refractivity contribution in [1.29, 1.82) is 0 Å². The molecule has 0 aliphatic rings. The van der Waals surface area contributed by atoms with Crippen LogP contribution in [0.1, 0.15) is 22.9 Å². The molecule has 2 N–H and O–H groups in total. The molecule has 0 amide bonds. The number of furan rings is 1. The van der Waals surface area contributed by atoms with Crippen LogP contribution in [0.25, 0.3) is 10.8 Å². The molecule has 2 aromatic carbocycles. The molecule has 1 aromatic heterocycles. The van der Waals surface area contributed by atoms with Gasteiger partial charge >= 0.3 is 0 Å². The molecule has 0 bridgehead atoms. The monoisotopic (exact) mass is 237 g/mol. The highest BCUT2D eigenvalue weighted by Crippen LogP contribution is 2.30. The van der Waals surface area contributed by atoms with Crippen molar-refractivity contribution < 1.29 is 4.42 Å². The molecule has 0 saturated carbocycles. The zero-order valence-corrected chi connectivity index (χ0v) is 10.3. The van der Waals surface area contributed by atoms with Gasteiger partial charge in [-0.15, -0.1) is 0 Å². The van der Waals surface area contributed by atoms with E-state index in [1.165, 1.54) is 16.3 Å². The number of aryl methyl sites for hydroxylation is 1. The Morgan fingerprint density at radius 1 is 1.00 bits per heavy atom. The van der Waals surface area contributed by atoms with Crippen LogP contribution in [0.15, 0.2) is 59.2 Å². The number of hydrogen-bond acceptors (Lipinski definition) is 2. The van der Waals surface area contributed by atoms with Gasteiger partial charge in [0.1, 0.15) is 5.76 Å². The van der Waals surface area contributed by atoms with Crippen molar-refractivity contribution >= 4 is 10.8 Å². The summed E-state index contributed by atoms with van der Waals surface area (Å²) in [5.41, 5.74) is 8.67. The van der Waals surface area contributed by atoms with Crippen molar-refractivity contribution in [3.05, 3.63) is 71.7 Å². The lowest BCUT2D eigenvalue weighted by Gasteiger charge is -2.15. The quantitative estimate of drug-likeness (QED) is 0.736. The van der Waals surface area contributed by atoms with Gasteiger partial charge in [0, 0.05) is 0 Å². The third kappa shape index (κ3) is 1.71. The molecule has 1 atom stereocenters. The summed E-state index contributed by atoms with van der Waals surface area (Å²) in [6.45, 7) is 2.09. The maximum atomic E-state index is 6.33. The fourth-order valence-electron chi connectivity index (χ4n) is 2.43. The summed E-state index contributed by atoms with van der Waals surface area (Å²) in [6, 6.07) is 16.1. The maximum Gasteiger partial charge on any atom is 0.125 e. The number of benzene rings is 2. The van der Waals surface area contributed by atoms with E-state index in [9.17, 15) is 0 Å². The first kappa shape index (κ1) is 11.1. The van der Waals surface area contributed by atoms with E-state index < -0.39 is 0 Å². The summed E-state index contributed by atoms with van der Waals surface area (Å²) >= 11 is 0. The van der Waals surface area contributed by atoms with Crippen molar-refractivity contribution in [1.82, 2.24) is 0 Å². The molecule has 0 spiro atoms. The van der Waals surface area contributed by atoms with Crippen LogP contribution in [0.5, 0.6) is 0 Å². The Kier molecular flexibility index (Phi) is 2.65.